The van der Waals surface area contributed by atoms with Crippen LogP contribution in [0.4, 0.5) is 0 Å². The lowest BCUT2D eigenvalue weighted by Crippen LogP contribution is -2.30. The van der Waals surface area contributed by atoms with Gasteiger partial charge in [0, 0.05) is 19.3 Å². The summed E-state index contributed by atoms with van der Waals surface area (Å²) in [6.45, 7) is 6.61. The molecule has 0 spiro atoms. The van der Waals surface area contributed by atoms with Crippen molar-refractivity contribution in [3.05, 3.63) is 36.5 Å². The first-order valence-corrected chi connectivity index (χ1v) is 37.5. The Bertz CT molecular complexity index is 1380. The molecule has 6 heteroatoms. The van der Waals surface area contributed by atoms with E-state index in [4.69, 9.17) is 14.2 Å². The Morgan fingerprint density at radius 3 is 0.735 bits per heavy atom. The second-order valence-corrected chi connectivity index (χ2v) is 25.5. The maximum atomic E-state index is 13.0. The number of rotatable bonds is 70. The molecular formula is C77H144O6. The second-order valence-electron chi connectivity index (χ2n) is 25.5. The zero-order valence-corrected chi connectivity index (χ0v) is 56.2. The molecular weight excluding hydrogens is 1020 g/mol. The van der Waals surface area contributed by atoms with Gasteiger partial charge in [-0.25, -0.2) is 0 Å². The number of ether oxygens (including phenoxy) is 3. The fraction of sp³-hybridized carbons (Fsp3) is 0.883. The van der Waals surface area contributed by atoms with Gasteiger partial charge in [0.05, 0.1) is 0 Å². The van der Waals surface area contributed by atoms with Crippen LogP contribution in [-0.2, 0) is 28.6 Å². The van der Waals surface area contributed by atoms with E-state index >= 15 is 0 Å². The summed E-state index contributed by atoms with van der Waals surface area (Å²) in [7, 11) is 0. The molecule has 0 bridgehead atoms. The van der Waals surface area contributed by atoms with Crippen LogP contribution in [0.25, 0.3) is 0 Å². The highest BCUT2D eigenvalue weighted by atomic mass is 16.6. The van der Waals surface area contributed by atoms with E-state index in [9.17, 15) is 14.4 Å². The Hall–Kier alpha value is -2.37. The average molecular weight is 1170 g/mol. The van der Waals surface area contributed by atoms with Gasteiger partial charge in [-0.15, -0.1) is 0 Å². The molecule has 0 saturated carbocycles. The Labute approximate surface area is 518 Å². The third-order valence-electron chi connectivity index (χ3n) is 17.2. The number of allylic oxidation sites excluding steroid dienone is 6. The summed E-state index contributed by atoms with van der Waals surface area (Å²) in [5, 5.41) is 0. The molecule has 0 aliphatic carbocycles. The summed E-state index contributed by atoms with van der Waals surface area (Å²) in [5.41, 5.74) is 0. The summed E-state index contributed by atoms with van der Waals surface area (Å²) >= 11 is 0. The van der Waals surface area contributed by atoms with Crippen LogP contribution in [0.15, 0.2) is 36.5 Å². The van der Waals surface area contributed by atoms with Crippen LogP contribution in [0.2, 0.25) is 0 Å². The zero-order chi connectivity index (χ0) is 59.9. The summed E-state index contributed by atoms with van der Waals surface area (Å²) in [5.74, 6) is -0.855. The predicted octanol–water partition coefficient (Wildman–Crippen LogP) is 25.9. The third kappa shape index (κ3) is 70.3. The molecule has 0 aromatic heterocycles. The summed E-state index contributed by atoms with van der Waals surface area (Å²) in [6, 6.07) is 0. The molecule has 0 radical (unpaired) electrons. The molecule has 0 rings (SSSR count). The van der Waals surface area contributed by atoms with Crippen LogP contribution in [-0.4, -0.2) is 37.2 Å². The van der Waals surface area contributed by atoms with Crippen molar-refractivity contribution in [2.75, 3.05) is 13.2 Å². The van der Waals surface area contributed by atoms with Crippen molar-refractivity contribution in [2.45, 2.75) is 425 Å². The highest BCUT2D eigenvalue weighted by Crippen LogP contribution is 2.20. The average Bonchev–Trinajstić information content (AvgIpc) is 3.49. The van der Waals surface area contributed by atoms with Gasteiger partial charge in [0.15, 0.2) is 6.10 Å². The monoisotopic (exact) mass is 1170 g/mol. The van der Waals surface area contributed by atoms with Gasteiger partial charge in [0.2, 0.25) is 0 Å². The maximum absolute atomic E-state index is 13.0. The Kier molecular flexibility index (Phi) is 70.0. The summed E-state index contributed by atoms with van der Waals surface area (Å²) < 4.78 is 17.0. The van der Waals surface area contributed by atoms with Crippen molar-refractivity contribution in [1.82, 2.24) is 0 Å². The molecule has 488 valence electrons. The van der Waals surface area contributed by atoms with Crippen molar-refractivity contribution in [1.29, 1.82) is 0 Å². The van der Waals surface area contributed by atoms with Crippen molar-refractivity contribution in [2.24, 2.45) is 0 Å². The molecule has 83 heavy (non-hydrogen) atoms. The smallest absolute Gasteiger partial charge is 0.306 e. The quantitative estimate of drug-likeness (QED) is 0.0261. The zero-order valence-electron chi connectivity index (χ0n) is 56.2. The van der Waals surface area contributed by atoms with Gasteiger partial charge < -0.3 is 14.2 Å². The first-order valence-electron chi connectivity index (χ1n) is 37.5. The molecule has 0 aliphatic rings. The minimum atomic E-state index is -0.778. The van der Waals surface area contributed by atoms with Crippen LogP contribution >= 0.6 is 0 Å². The maximum Gasteiger partial charge on any atom is 0.306 e. The van der Waals surface area contributed by atoms with Gasteiger partial charge in [0.1, 0.15) is 13.2 Å². The van der Waals surface area contributed by atoms with Crippen molar-refractivity contribution in [3.8, 4) is 0 Å². The van der Waals surface area contributed by atoms with Gasteiger partial charge in [0.25, 0.3) is 0 Å². The van der Waals surface area contributed by atoms with Gasteiger partial charge in [-0.1, -0.05) is 385 Å². The van der Waals surface area contributed by atoms with E-state index in [1.807, 2.05) is 0 Å². The number of hydrogen-bond donors (Lipinski definition) is 0. The second kappa shape index (κ2) is 72.1. The van der Waals surface area contributed by atoms with Crippen LogP contribution in [0, 0.1) is 0 Å². The molecule has 1 atom stereocenters. The number of carbonyl (C=O) groups is 3. The molecule has 0 heterocycles. The lowest BCUT2D eigenvalue weighted by Gasteiger charge is -2.18. The van der Waals surface area contributed by atoms with E-state index < -0.39 is 6.10 Å². The Balaban J connectivity index is 4.23. The van der Waals surface area contributed by atoms with Crippen LogP contribution in [0.1, 0.15) is 419 Å². The molecule has 0 aliphatic heterocycles. The lowest BCUT2D eigenvalue weighted by atomic mass is 10.0. The number of hydrogen-bond acceptors (Lipinski definition) is 6. The summed E-state index contributed by atoms with van der Waals surface area (Å²) in [4.78, 5) is 38.5. The van der Waals surface area contributed by atoms with E-state index in [-0.39, 0.29) is 31.1 Å². The largest absolute Gasteiger partial charge is 0.462 e. The lowest BCUT2D eigenvalue weighted by molar-refractivity contribution is -0.167. The Morgan fingerprint density at radius 1 is 0.253 bits per heavy atom. The molecule has 6 nitrogen and oxygen atoms in total. The van der Waals surface area contributed by atoms with E-state index in [1.54, 1.807) is 0 Å². The molecule has 0 amide bonds. The highest BCUT2D eigenvalue weighted by molar-refractivity contribution is 5.71. The number of esters is 3. The van der Waals surface area contributed by atoms with E-state index in [1.165, 1.54) is 283 Å². The standard InChI is InChI=1S/C77H144O6/c1-4-7-10-13-16-19-22-25-28-30-32-34-36-38-40-42-44-46-49-52-55-58-61-64-67-70-76(79)82-73-74(72-81-75(78)69-66-63-60-57-54-51-48-27-24-21-18-15-12-9-6-3)83-77(80)71-68-65-62-59-56-53-50-47-45-43-41-39-37-35-33-31-29-26-23-20-17-14-11-8-5-2/h9,12,18,21,27,48,74H,4-8,10-11,13-17,19-20,22-26,28-47,49-73H2,1-3H3/b12-9-,21-18-,48-27-. The van der Waals surface area contributed by atoms with E-state index in [0.29, 0.717) is 19.3 Å². The van der Waals surface area contributed by atoms with Gasteiger partial charge >= 0.3 is 17.9 Å². The fourth-order valence-electron chi connectivity index (χ4n) is 11.6. The number of carbonyl (C=O) groups excluding carboxylic acids is 3. The molecule has 0 saturated heterocycles. The summed E-state index contributed by atoms with van der Waals surface area (Å²) in [6.07, 6.45) is 90.6. The molecule has 0 aromatic carbocycles. The SMILES string of the molecule is CC/C=C\C/C=C\C/C=C\CCCCCCCC(=O)OCC(COC(=O)CCCCCCCCCCCCCCCCCCCCCCCCCCC)OC(=O)CCCCCCCCCCCCCCCCCCCCCCCCCCC. The molecule has 0 aromatic rings. The normalized spacial score (nSPS) is 12.2. The highest BCUT2D eigenvalue weighted by Gasteiger charge is 2.20. The molecule has 0 N–H and O–H groups in total. The number of unbranched alkanes of at least 4 members (excludes halogenated alkanes) is 53. The molecule has 1 unspecified atom stereocenters. The van der Waals surface area contributed by atoms with Crippen molar-refractivity contribution >= 4 is 17.9 Å². The van der Waals surface area contributed by atoms with E-state index in [2.05, 4.69) is 57.2 Å². The van der Waals surface area contributed by atoms with Crippen molar-refractivity contribution < 1.29 is 28.6 Å². The van der Waals surface area contributed by atoms with Crippen LogP contribution in [0.5, 0.6) is 0 Å². The van der Waals surface area contributed by atoms with Crippen molar-refractivity contribution in [3.63, 3.8) is 0 Å². The topological polar surface area (TPSA) is 78.9 Å². The predicted molar refractivity (Wildman–Crippen MR) is 362 cm³/mol. The minimum absolute atomic E-state index is 0.0716. The van der Waals surface area contributed by atoms with Crippen LogP contribution < -0.4 is 0 Å². The molecule has 0 fully saturated rings. The van der Waals surface area contributed by atoms with Gasteiger partial charge in [-0.05, 0) is 51.4 Å². The third-order valence-corrected chi connectivity index (χ3v) is 17.2. The fourth-order valence-corrected chi connectivity index (χ4v) is 11.6. The van der Waals surface area contributed by atoms with E-state index in [0.717, 1.165) is 96.3 Å². The minimum Gasteiger partial charge on any atom is -0.462 e. The first kappa shape index (κ1) is 80.6. The first-order chi connectivity index (χ1) is 41.0. The van der Waals surface area contributed by atoms with Gasteiger partial charge in [-0.3, -0.25) is 14.4 Å². The Morgan fingerprint density at radius 2 is 0.470 bits per heavy atom. The van der Waals surface area contributed by atoms with Gasteiger partial charge in [-0.2, -0.15) is 0 Å². The van der Waals surface area contributed by atoms with Crippen LogP contribution in [0.3, 0.4) is 0 Å².